The van der Waals surface area contributed by atoms with Gasteiger partial charge in [-0.1, -0.05) is 19.3 Å². The molecule has 9 nitrogen and oxygen atoms in total. The molecule has 208 valence electrons. The van der Waals surface area contributed by atoms with E-state index >= 15 is 0 Å². The molecule has 2 aromatic heterocycles. The monoisotopic (exact) mass is 538 g/mol. The molecule has 0 aliphatic heterocycles. The molecular weight excluding hydrogens is 503 g/mol. The van der Waals surface area contributed by atoms with E-state index in [2.05, 4.69) is 10.3 Å². The number of fused-ring (bicyclic) bond motifs is 1. The number of aliphatic carboxylic acids is 1. The van der Waals surface area contributed by atoms with E-state index in [1.807, 2.05) is 4.57 Å². The highest BCUT2D eigenvalue weighted by Gasteiger charge is 2.37. The van der Waals surface area contributed by atoms with Gasteiger partial charge in [0.1, 0.15) is 17.7 Å². The van der Waals surface area contributed by atoms with E-state index < -0.39 is 17.8 Å². The Balaban J connectivity index is 1.59. The van der Waals surface area contributed by atoms with Gasteiger partial charge in [0.25, 0.3) is 0 Å². The van der Waals surface area contributed by atoms with Crippen molar-refractivity contribution < 1.29 is 28.6 Å². The molecule has 0 radical (unpaired) electrons. The lowest BCUT2D eigenvalue weighted by Gasteiger charge is -2.34. The first-order valence-electron chi connectivity index (χ1n) is 13.7. The molecule has 5 rings (SSSR count). The number of halogens is 1. The molecule has 0 spiro atoms. The second kappa shape index (κ2) is 11.6. The summed E-state index contributed by atoms with van der Waals surface area (Å²) in [5.41, 5.74) is 1.67. The highest BCUT2D eigenvalue weighted by molar-refractivity contribution is 5.88. The van der Waals surface area contributed by atoms with Crippen LogP contribution in [0.2, 0.25) is 0 Å². The van der Waals surface area contributed by atoms with Crippen LogP contribution in [0.5, 0.6) is 11.8 Å². The van der Waals surface area contributed by atoms with Gasteiger partial charge in [-0.25, -0.2) is 9.37 Å². The maximum atomic E-state index is 14.3. The maximum absolute atomic E-state index is 14.3. The molecule has 1 amide bonds. The standard InChI is InChI=1S/C29H35FN4O5/c1-38-24-15-13-21(28(33-24)39-2)26-32-22-16-19(30)10-14-23(22)34(26)25(17-6-4-3-5-7-17)27(35)31-20-11-8-18(9-12-20)29(36)37/h10,13-18,20,25H,3-9,11-12H2,1-2H3,(H,31,35)(H,36,37)/t18?,20?,25-/m0/s1. The molecule has 2 N–H and O–H groups in total. The third kappa shape index (κ3) is 5.55. The molecule has 2 fully saturated rings. The molecule has 0 saturated heterocycles. The van der Waals surface area contributed by atoms with Crippen molar-refractivity contribution in [3.63, 3.8) is 0 Å². The van der Waals surface area contributed by atoms with Gasteiger partial charge < -0.3 is 24.5 Å². The zero-order valence-electron chi connectivity index (χ0n) is 22.4. The number of amides is 1. The number of imidazole rings is 1. The van der Waals surface area contributed by atoms with Crippen molar-refractivity contribution >= 4 is 22.9 Å². The van der Waals surface area contributed by atoms with Crippen molar-refractivity contribution in [1.29, 1.82) is 0 Å². The lowest BCUT2D eigenvalue weighted by Crippen LogP contribution is -2.44. The van der Waals surface area contributed by atoms with E-state index in [1.54, 1.807) is 18.2 Å². The summed E-state index contributed by atoms with van der Waals surface area (Å²) in [5.74, 6) is -0.456. The second-order valence-electron chi connectivity index (χ2n) is 10.6. The van der Waals surface area contributed by atoms with Crippen molar-refractivity contribution in [2.24, 2.45) is 11.8 Å². The smallest absolute Gasteiger partial charge is 0.306 e. The molecule has 10 heteroatoms. The predicted octanol–water partition coefficient (Wildman–Crippen LogP) is 5.14. The summed E-state index contributed by atoms with van der Waals surface area (Å²) in [5, 5.41) is 12.6. The van der Waals surface area contributed by atoms with Crippen LogP contribution in [0.4, 0.5) is 4.39 Å². The van der Waals surface area contributed by atoms with Crippen molar-refractivity contribution in [3.05, 3.63) is 36.1 Å². The van der Waals surface area contributed by atoms with E-state index in [0.29, 0.717) is 59.9 Å². The van der Waals surface area contributed by atoms with Crippen molar-refractivity contribution in [2.45, 2.75) is 69.9 Å². The Kier molecular flexibility index (Phi) is 7.99. The maximum Gasteiger partial charge on any atom is 0.306 e. The van der Waals surface area contributed by atoms with Crippen LogP contribution < -0.4 is 14.8 Å². The average Bonchev–Trinajstić information content (AvgIpc) is 3.31. The van der Waals surface area contributed by atoms with Gasteiger partial charge >= 0.3 is 5.97 Å². The van der Waals surface area contributed by atoms with Crippen LogP contribution in [0.25, 0.3) is 22.4 Å². The molecule has 0 unspecified atom stereocenters. The summed E-state index contributed by atoms with van der Waals surface area (Å²) < 4.78 is 27.1. The first kappa shape index (κ1) is 26.9. The Morgan fingerprint density at radius 1 is 1.00 bits per heavy atom. The van der Waals surface area contributed by atoms with Crippen LogP contribution in [-0.2, 0) is 9.59 Å². The van der Waals surface area contributed by atoms with Crippen molar-refractivity contribution in [1.82, 2.24) is 19.9 Å². The quantitative estimate of drug-likeness (QED) is 0.408. The Hall–Kier alpha value is -3.69. The first-order valence-corrected chi connectivity index (χ1v) is 13.7. The molecule has 2 heterocycles. The summed E-state index contributed by atoms with van der Waals surface area (Å²) in [6.07, 6.45) is 7.30. The molecule has 2 saturated carbocycles. The number of carboxylic acid groups (broad SMARTS) is 1. The average molecular weight is 539 g/mol. The highest BCUT2D eigenvalue weighted by Crippen LogP contribution is 2.40. The van der Waals surface area contributed by atoms with Gasteiger partial charge in [0.2, 0.25) is 17.7 Å². The van der Waals surface area contributed by atoms with E-state index in [1.165, 1.54) is 26.4 Å². The van der Waals surface area contributed by atoms with Gasteiger partial charge in [0.15, 0.2) is 0 Å². The number of carbonyl (C=O) groups excluding carboxylic acids is 1. The van der Waals surface area contributed by atoms with E-state index in [9.17, 15) is 19.1 Å². The summed E-state index contributed by atoms with van der Waals surface area (Å²) >= 11 is 0. The minimum absolute atomic E-state index is 0.0625. The number of aromatic nitrogens is 3. The van der Waals surface area contributed by atoms with Crippen LogP contribution in [0.1, 0.15) is 63.8 Å². The van der Waals surface area contributed by atoms with Gasteiger partial charge in [-0.3, -0.25) is 9.59 Å². The highest BCUT2D eigenvalue weighted by atomic mass is 19.1. The second-order valence-corrected chi connectivity index (χ2v) is 10.6. The van der Waals surface area contributed by atoms with Gasteiger partial charge in [0.05, 0.1) is 36.7 Å². The number of methoxy groups -OCH3 is 2. The Bertz CT molecular complexity index is 1340. The fourth-order valence-electron chi connectivity index (χ4n) is 6.17. The number of nitrogens with zero attached hydrogens (tertiary/aromatic N) is 3. The van der Waals surface area contributed by atoms with Crippen molar-refractivity contribution in [3.8, 4) is 23.1 Å². The summed E-state index contributed by atoms with van der Waals surface area (Å²) in [7, 11) is 3.03. The van der Waals surface area contributed by atoms with E-state index in [4.69, 9.17) is 14.5 Å². The third-order valence-corrected chi connectivity index (χ3v) is 8.20. The largest absolute Gasteiger partial charge is 0.481 e. The molecule has 2 aliphatic rings. The molecule has 1 aromatic carbocycles. The van der Waals surface area contributed by atoms with Crippen LogP contribution in [0.3, 0.4) is 0 Å². The van der Waals surface area contributed by atoms with E-state index in [0.717, 1.165) is 32.1 Å². The lowest BCUT2D eigenvalue weighted by atomic mass is 9.82. The number of pyridine rings is 1. The molecule has 1 atom stereocenters. The minimum Gasteiger partial charge on any atom is -0.481 e. The Morgan fingerprint density at radius 3 is 2.41 bits per heavy atom. The normalized spacial score (nSPS) is 20.9. The fraction of sp³-hybridized carbons (Fsp3) is 0.517. The summed E-state index contributed by atoms with van der Waals surface area (Å²) in [6.45, 7) is 0. The van der Waals surface area contributed by atoms with Crippen LogP contribution in [-0.4, -0.2) is 51.8 Å². The lowest BCUT2D eigenvalue weighted by molar-refractivity contribution is -0.142. The molecular formula is C29H35FN4O5. The predicted molar refractivity (Wildman–Crippen MR) is 143 cm³/mol. The van der Waals surface area contributed by atoms with Crippen LogP contribution in [0.15, 0.2) is 30.3 Å². The zero-order valence-corrected chi connectivity index (χ0v) is 22.4. The molecule has 39 heavy (non-hydrogen) atoms. The summed E-state index contributed by atoms with van der Waals surface area (Å²) in [4.78, 5) is 34.8. The number of carbonyl (C=O) groups is 2. The topological polar surface area (TPSA) is 116 Å². The van der Waals surface area contributed by atoms with Crippen molar-refractivity contribution in [2.75, 3.05) is 14.2 Å². The molecule has 3 aromatic rings. The fourth-order valence-corrected chi connectivity index (χ4v) is 6.17. The number of rotatable bonds is 8. The number of benzene rings is 1. The van der Waals surface area contributed by atoms with E-state index in [-0.39, 0.29) is 23.8 Å². The number of hydrogen-bond donors (Lipinski definition) is 2. The van der Waals surface area contributed by atoms with Gasteiger partial charge in [-0.05, 0) is 62.6 Å². The zero-order chi connectivity index (χ0) is 27.5. The van der Waals surface area contributed by atoms with Gasteiger partial charge in [-0.2, -0.15) is 4.98 Å². The summed E-state index contributed by atoms with van der Waals surface area (Å²) in [6, 6.07) is 7.26. The van der Waals surface area contributed by atoms with Crippen LogP contribution >= 0.6 is 0 Å². The number of ether oxygens (including phenoxy) is 2. The van der Waals surface area contributed by atoms with Gasteiger partial charge in [0, 0.05) is 18.2 Å². The number of nitrogens with one attached hydrogen (secondary N) is 1. The Labute approximate surface area is 226 Å². The van der Waals surface area contributed by atoms with Gasteiger partial charge in [-0.15, -0.1) is 0 Å². The number of hydrogen-bond acceptors (Lipinski definition) is 6. The first-order chi connectivity index (χ1) is 18.9. The molecule has 0 bridgehead atoms. The third-order valence-electron chi connectivity index (χ3n) is 8.20. The minimum atomic E-state index is -0.774. The van der Waals surface area contributed by atoms with Crippen LogP contribution in [0, 0.1) is 17.7 Å². The Morgan fingerprint density at radius 2 is 1.74 bits per heavy atom. The number of carboxylic acids is 1. The molecule has 2 aliphatic carbocycles. The SMILES string of the molecule is COc1ccc(-c2nc3cc(F)ccc3n2[C@H](C(=O)NC2CCC(C(=O)O)CC2)C2CCCCC2)c(OC)n1.